The molecule has 2 rings (SSSR count). The van der Waals surface area contributed by atoms with Gasteiger partial charge in [-0.2, -0.15) is 0 Å². The molecule has 0 aliphatic carbocycles. The van der Waals surface area contributed by atoms with E-state index in [-0.39, 0.29) is 12.0 Å². The highest BCUT2D eigenvalue weighted by Gasteiger charge is 2.13. The van der Waals surface area contributed by atoms with Crippen molar-refractivity contribution in [2.45, 2.75) is 26.9 Å². The number of amides is 1. The number of anilines is 1. The van der Waals surface area contributed by atoms with Crippen molar-refractivity contribution in [1.29, 1.82) is 0 Å². The molecule has 2 aromatic carbocycles. The number of hydrogen-bond donors (Lipinski definition) is 1. The van der Waals surface area contributed by atoms with Crippen LogP contribution in [0.25, 0.3) is 0 Å². The van der Waals surface area contributed by atoms with Gasteiger partial charge in [0.1, 0.15) is 0 Å². The summed E-state index contributed by atoms with van der Waals surface area (Å²) in [6.07, 6.45) is 0.0231. The molecule has 5 heteroatoms. The summed E-state index contributed by atoms with van der Waals surface area (Å²) in [6, 6.07) is 10.5. The fraction of sp³-hybridized carbons (Fsp3) is 0.278. The zero-order valence-corrected chi connectivity index (χ0v) is 14.4. The minimum atomic E-state index is -0.259. The second-order valence-corrected chi connectivity index (χ2v) is 5.88. The van der Waals surface area contributed by atoms with Crippen LogP contribution in [-0.2, 0) is 0 Å². The Labute approximate surface area is 141 Å². The molecule has 1 N–H and O–H groups in total. The van der Waals surface area contributed by atoms with Crippen molar-refractivity contribution in [2.24, 2.45) is 0 Å². The first kappa shape index (κ1) is 17.2. The molecule has 23 heavy (non-hydrogen) atoms. The van der Waals surface area contributed by atoms with Gasteiger partial charge in [-0.05, 0) is 56.7 Å². The smallest absolute Gasteiger partial charge is 0.255 e. The van der Waals surface area contributed by atoms with E-state index in [1.807, 2.05) is 26.8 Å². The molecule has 0 atom stereocenters. The van der Waals surface area contributed by atoms with Gasteiger partial charge in [0.05, 0.1) is 23.9 Å². The summed E-state index contributed by atoms with van der Waals surface area (Å²) in [5.41, 5.74) is 2.07. The lowest BCUT2D eigenvalue weighted by Crippen LogP contribution is -2.13. The zero-order chi connectivity index (χ0) is 17.0. The van der Waals surface area contributed by atoms with E-state index in [4.69, 9.17) is 21.1 Å². The predicted octanol–water partition coefficient (Wildman–Crippen LogP) is 4.70. The Balaban J connectivity index is 2.22. The number of benzene rings is 2. The summed E-state index contributed by atoms with van der Waals surface area (Å²) in [5.74, 6) is 0.860. The topological polar surface area (TPSA) is 47.6 Å². The van der Waals surface area contributed by atoms with E-state index in [1.54, 1.807) is 37.4 Å². The lowest BCUT2D eigenvalue weighted by Gasteiger charge is -2.14. The maximum absolute atomic E-state index is 12.4. The van der Waals surface area contributed by atoms with Crippen molar-refractivity contribution < 1.29 is 14.3 Å². The Morgan fingerprint density at radius 2 is 1.87 bits per heavy atom. The highest BCUT2D eigenvalue weighted by molar-refractivity contribution is 6.34. The third-order valence-corrected chi connectivity index (χ3v) is 3.47. The van der Waals surface area contributed by atoms with E-state index in [9.17, 15) is 4.79 Å². The minimum Gasteiger partial charge on any atom is -0.493 e. The quantitative estimate of drug-likeness (QED) is 0.863. The third-order valence-electron chi connectivity index (χ3n) is 3.16. The van der Waals surface area contributed by atoms with E-state index in [0.717, 1.165) is 5.56 Å². The van der Waals surface area contributed by atoms with Crippen LogP contribution in [0.4, 0.5) is 5.69 Å². The lowest BCUT2D eigenvalue weighted by atomic mass is 10.1. The van der Waals surface area contributed by atoms with E-state index in [1.165, 1.54) is 0 Å². The van der Waals surface area contributed by atoms with Gasteiger partial charge >= 0.3 is 0 Å². The number of methoxy groups -OCH3 is 1. The number of rotatable bonds is 5. The standard InChI is InChI=1S/C18H20ClNO3/c1-11(2)23-16-8-6-13(10-17(16)22-4)18(21)20-15-7-5-12(3)9-14(15)19/h5-11H,1-4H3,(H,20,21). The molecule has 0 aliphatic rings. The fourth-order valence-corrected chi connectivity index (χ4v) is 2.36. The number of ether oxygens (including phenoxy) is 2. The van der Waals surface area contributed by atoms with Crippen LogP contribution in [0.15, 0.2) is 36.4 Å². The van der Waals surface area contributed by atoms with Crippen LogP contribution in [0.3, 0.4) is 0 Å². The maximum atomic E-state index is 12.4. The third kappa shape index (κ3) is 4.39. The van der Waals surface area contributed by atoms with Gasteiger partial charge in [-0.25, -0.2) is 0 Å². The molecule has 4 nitrogen and oxygen atoms in total. The van der Waals surface area contributed by atoms with Gasteiger partial charge in [-0.1, -0.05) is 17.7 Å². The second-order valence-electron chi connectivity index (χ2n) is 5.47. The highest BCUT2D eigenvalue weighted by Crippen LogP contribution is 2.30. The molecule has 0 bridgehead atoms. The predicted molar refractivity (Wildman–Crippen MR) is 92.9 cm³/mol. The molecule has 0 aliphatic heterocycles. The Morgan fingerprint density at radius 1 is 1.13 bits per heavy atom. The molecular weight excluding hydrogens is 314 g/mol. The lowest BCUT2D eigenvalue weighted by molar-refractivity contribution is 0.102. The van der Waals surface area contributed by atoms with Crippen LogP contribution in [0.5, 0.6) is 11.5 Å². The maximum Gasteiger partial charge on any atom is 0.255 e. The number of aryl methyl sites for hydroxylation is 1. The molecule has 2 aromatic rings. The number of carbonyl (C=O) groups excluding carboxylic acids is 1. The van der Waals surface area contributed by atoms with Crippen molar-refractivity contribution in [3.8, 4) is 11.5 Å². The van der Waals surface area contributed by atoms with Gasteiger partial charge in [0, 0.05) is 5.56 Å². The molecule has 0 heterocycles. The molecule has 0 unspecified atom stereocenters. The number of hydrogen-bond acceptors (Lipinski definition) is 3. The summed E-state index contributed by atoms with van der Waals surface area (Å²) >= 11 is 6.14. The molecule has 0 fully saturated rings. The van der Waals surface area contributed by atoms with Crippen molar-refractivity contribution in [3.63, 3.8) is 0 Å². The van der Waals surface area contributed by atoms with E-state index < -0.39 is 0 Å². The average molecular weight is 334 g/mol. The molecule has 0 radical (unpaired) electrons. The Kier molecular flexibility index (Phi) is 5.50. The molecule has 0 aromatic heterocycles. The molecule has 1 amide bonds. The second kappa shape index (κ2) is 7.38. The molecule has 0 saturated carbocycles. The SMILES string of the molecule is COc1cc(C(=O)Nc2ccc(C)cc2Cl)ccc1OC(C)C. The van der Waals surface area contributed by atoms with E-state index in [0.29, 0.717) is 27.8 Å². The van der Waals surface area contributed by atoms with Gasteiger partial charge in [0.15, 0.2) is 11.5 Å². The number of halogens is 1. The largest absolute Gasteiger partial charge is 0.493 e. The van der Waals surface area contributed by atoms with Crippen molar-refractivity contribution in [1.82, 2.24) is 0 Å². The minimum absolute atomic E-state index is 0.0231. The summed E-state index contributed by atoms with van der Waals surface area (Å²) in [4.78, 5) is 12.4. The average Bonchev–Trinajstić information content (AvgIpc) is 2.49. The normalized spacial score (nSPS) is 10.5. The monoisotopic (exact) mass is 333 g/mol. The Bertz CT molecular complexity index is 713. The Morgan fingerprint density at radius 3 is 2.48 bits per heavy atom. The van der Waals surface area contributed by atoms with Crippen molar-refractivity contribution in [3.05, 3.63) is 52.5 Å². The first-order valence-electron chi connectivity index (χ1n) is 7.33. The van der Waals surface area contributed by atoms with Gasteiger partial charge < -0.3 is 14.8 Å². The van der Waals surface area contributed by atoms with Crippen LogP contribution in [0.1, 0.15) is 29.8 Å². The number of nitrogens with one attached hydrogen (secondary N) is 1. The first-order chi connectivity index (χ1) is 10.9. The molecule has 0 saturated heterocycles. The van der Waals surface area contributed by atoms with Crippen molar-refractivity contribution >= 4 is 23.2 Å². The van der Waals surface area contributed by atoms with Gasteiger partial charge in [0.25, 0.3) is 5.91 Å². The van der Waals surface area contributed by atoms with Crippen molar-refractivity contribution in [2.75, 3.05) is 12.4 Å². The highest BCUT2D eigenvalue weighted by atomic mass is 35.5. The first-order valence-corrected chi connectivity index (χ1v) is 7.70. The summed E-state index contributed by atoms with van der Waals surface area (Å²) in [5, 5.41) is 3.30. The van der Waals surface area contributed by atoms with E-state index >= 15 is 0 Å². The van der Waals surface area contributed by atoms with Crippen LogP contribution in [0.2, 0.25) is 5.02 Å². The van der Waals surface area contributed by atoms with Gasteiger partial charge in [-0.3, -0.25) is 4.79 Å². The summed E-state index contributed by atoms with van der Waals surface area (Å²) in [6.45, 7) is 5.80. The van der Waals surface area contributed by atoms with Crippen LogP contribution < -0.4 is 14.8 Å². The fourth-order valence-electron chi connectivity index (χ4n) is 2.08. The molecular formula is C18H20ClNO3. The van der Waals surface area contributed by atoms with Crippen LogP contribution in [-0.4, -0.2) is 19.1 Å². The number of carbonyl (C=O) groups is 1. The summed E-state index contributed by atoms with van der Waals surface area (Å²) in [7, 11) is 1.54. The molecule has 0 spiro atoms. The van der Waals surface area contributed by atoms with Crippen LogP contribution in [0, 0.1) is 6.92 Å². The zero-order valence-electron chi connectivity index (χ0n) is 13.6. The van der Waals surface area contributed by atoms with Gasteiger partial charge in [-0.15, -0.1) is 0 Å². The van der Waals surface area contributed by atoms with E-state index in [2.05, 4.69) is 5.32 Å². The molecule has 122 valence electrons. The summed E-state index contributed by atoms with van der Waals surface area (Å²) < 4.78 is 10.9. The van der Waals surface area contributed by atoms with Crippen LogP contribution >= 0.6 is 11.6 Å². The Hall–Kier alpha value is -2.20. The van der Waals surface area contributed by atoms with Gasteiger partial charge in [0.2, 0.25) is 0 Å².